The van der Waals surface area contributed by atoms with Gasteiger partial charge in [0.15, 0.2) is 5.71 Å². The molecular weight excluding hydrogens is 426 g/mol. The minimum Gasteiger partial charge on any atom is -0.410 e. The standard InChI is InChI=1S/C14H9F12NO/c1-6-2-4-7(5-3-6)8(27-28)10(17,18)12(21,22)14(25,26)13(23,24)11(19,20)9(15)16/h2-5,9,28H,1H3/b27-8-. The predicted molar refractivity (Wildman–Crippen MR) is 70.2 cm³/mol. The van der Waals surface area contributed by atoms with Gasteiger partial charge in [-0.2, -0.15) is 43.9 Å². The van der Waals surface area contributed by atoms with E-state index in [1.165, 1.54) is 6.92 Å². The SMILES string of the molecule is Cc1ccc(/C(=N/O)C(F)(F)C(F)(F)C(F)(F)C(F)(F)C(F)(F)C(F)F)cc1. The second-order valence-corrected chi connectivity index (χ2v) is 5.54. The van der Waals surface area contributed by atoms with Crippen LogP contribution in [0.1, 0.15) is 11.1 Å². The average molecular weight is 435 g/mol. The summed E-state index contributed by atoms with van der Waals surface area (Å²) in [5.41, 5.74) is -3.41. The number of alkyl halides is 12. The van der Waals surface area contributed by atoms with Gasteiger partial charge in [-0.15, -0.1) is 0 Å². The maximum absolute atomic E-state index is 14.0. The van der Waals surface area contributed by atoms with Crippen LogP contribution in [0.2, 0.25) is 0 Å². The molecule has 0 bridgehead atoms. The fraction of sp³-hybridized carbons (Fsp3) is 0.500. The van der Waals surface area contributed by atoms with E-state index in [-0.39, 0.29) is 0 Å². The molecule has 0 heterocycles. The molecule has 0 atom stereocenters. The smallest absolute Gasteiger partial charge is 0.385 e. The lowest BCUT2D eigenvalue weighted by atomic mass is 9.90. The molecule has 14 heteroatoms. The van der Waals surface area contributed by atoms with Crippen molar-refractivity contribution in [2.75, 3.05) is 0 Å². The molecule has 0 radical (unpaired) electrons. The van der Waals surface area contributed by atoms with Gasteiger partial charge in [0.25, 0.3) is 0 Å². The van der Waals surface area contributed by atoms with Crippen LogP contribution in [0.25, 0.3) is 0 Å². The number of rotatable bonds is 7. The molecule has 0 spiro atoms. The molecular formula is C14H9F12NO. The molecule has 0 aromatic heterocycles. The van der Waals surface area contributed by atoms with Gasteiger partial charge in [-0.05, 0) is 6.92 Å². The third kappa shape index (κ3) is 3.26. The summed E-state index contributed by atoms with van der Waals surface area (Å²) in [4.78, 5) is 0. The highest BCUT2D eigenvalue weighted by atomic mass is 19.4. The number of nitrogens with zero attached hydrogens (tertiary/aromatic N) is 1. The van der Waals surface area contributed by atoms with E-state index in [0.29, 0.717) is 17.7 Å². The third-order valence-corrected chi connectivity index (χ3v) is 3.60. The highest BCUT2D eigenvalue weighted by molar-refractivity contribution is 6.06. The Kier molecular flexibility index (Phi) is 6.00. The van der Waals surface area contributed by atoms with Gasteiger partial charge in [0.05, 0.1) is 0 Å². The molecule has 1 N–H and O–H groups in total. The van der Waals surface area contributed by atoms with Crippen molar-refractivity contribution in [3.63, 3.8) is 0 Å². The van der Waals surface area contributed by atoms with Crippen molar-refractivity contribution in [1.82, 2.24) is 0 Å². The van der Waals surface area contributed by atoms with E-state index in [1.807, 2.05) is 0 Å². The van der Waals surface area contributed by atoms with Crippen LogP contribution in [0, 0.1) is 6.92 Å². The maximum atomic E-state index is 14.0. The zero-order valence-electron chi connectivity index (χ0n) is 13.3. The molecule has 0 saturated heterocycles. The normalized spacial score (nSPS) is 15.3. The van der Waals surface area contributed by atoms with E-state index in [9.17, 15) is 52.7 Å². The lowest BCUT2D eigenvalue weighted by Gasteiger charge is -2.39. The largest absolute Gasteiger partial charge is 0.410 e. The number of hydrogen-bond acceptors (Lipinski definition) is 2. The van der Waals surface area contributed by atoms with E-state index in [2.05, 4.69) is 0 Å². The summed E-state index contributed by atoms with van der Waals surface area (Å²) in [6.45, 7) is 1.37. The lowest BCUT2D eigenvalue weighted by molar-refractivity contribution is -0.404. The summed E-state index contributed by atoms with van der Waals surface area (Å²) in [6, 6.07) is 3.01. The minimum atomic E-state index is -7.69. The molecule has 0 aliphatic rings. The highest BCUT2D eigenvalue weighted by Crippen LogP contribution is 2.58. The Morgan fingerprint density at radius 2 is 1.21 bits per heavy atom. The van der Waals surface area contributed by atoms with Gasteiger partial charge in [0.2, 0.25) is 0 Å². The third-order valence-electron chi connectivity index (χ3n) is 3.60. The lowest BCUT2D eigenvalue weighted by Crippen LogP contribution is -2.70. The van der Waals surface area contributed by atoms with Crippen LogP contribution in [0.4, 0.5) is 52.7 Å². The van der Waals surface area contributed by atoms with E-state index in [4.69, 9.17) is 5.21 Å². The van der Waals surface area contributed by atoms with Crippen LogP contribution in [-0.4, -0.2) is 47.0 Å². The predicted octanol–water partition coefficient (Wildman–Crippen LogP) is 5.61. The van der Waals surface area contributed by atoms with Crippen LogP contribution >= 0.6 is 0 Å². The molecule has 1 rings (SSSR count). The van der Waals surface area contributed by atoms with Crippen molar-refractivity contribution in [1.29, 1.82) is 0 Å². The molecule has 1 aromatic rings. The first kappa shape index (κ1) is 23.9. The van der Waals surface area contributed by atoms with Crippen molar-refractivity contribution in [3.05, 3.63) is 35.4 Å². The van der Waals surface area contributed by atoms with Crippen LogP contribution in [0.15, 0.2) is 29.4 Å². The Morgan fingerprint density at radius 3 is 1.57 bits per heavy atom. The number of aryl methyl sites for hydroxylation is 1. The Hall–Kier alpha value is -2.15. The van der Waals surface area contributed by atoms with E-state index in [0.717, 1.165) is 12.1 Å². The average Bonchev–Trinajstić information content (AvgIpc) is 2.56. The molecule has 0 amide bonds. The summed E-state index contributed by atoms with van der Waals surface area (Å²) in [6.07, 6.45) is -5.58. The van der Waals surface area contributed by atoms with Crippen LogP contribution < -0.4 is 0 Å². The first-order valence-corrected chi connectivity index (χ1v) is 6.86. The van der Waals surface area contributed by atoms with Gasteiger partial charge in [-0.25, -0.2) is 8.78 Å². The summed E-state index contributed by atoms with van der Waals surface area (Å²) < 4.78 is 158. The molecule has 0 saturated carbocycles. The number of benzene rings is 1. The zero-order chi connectivity index (χ0) is 22.3. The summed E-state index contributed by atoms with van der Waals surface area (Å²) in [5.74, 6) is -36.2. The van der Waals surface area contributed by atoms with Crippen molar-refractivity contribution < 1.29 is 57.9 Å². The number of oxime groups is 1. The fourth-order valence-electron chi connectivity index (χ4n) is 1.90. The topological polar surface area (TPSA) is 32.6 Å². The summed E-state index contributed by atoms with van der Waals surface area (Å²) in [5, 5.41) is 10.2. The van der Waals surface area contributed by atoms with Gasteiger partial charge in [-0.3, -0.25) is 0 Å². The molecule has 0 unspecified atom stereocenters. The van der Waals surface area contributed by atoms with Crippen molar-refractivity contribution in [2.24, 2.45) is 5.16 Å². The first-order chi connectivity index (χ1) is 12.4. The molecule has 0 aliphatic heterocycles. The Labute approximate surface area is 148 Å². The molecule has 160 valence electrons. The van der Waals surface area contributed by atoms with Crippen molar-refractivity contribution in [2.45, 2.75) is 43.0 Å². The van der Waals surface area contributed by atoms with E-state index in [1.54, 1.807) is 5.16 Å². The van der Waals surface area contributed by atoms with Gasteiger partial charge in [-0.1, -0.05) is 35.0 Å². The van der Waals surface area contributed by atoms with Crippen LogP contribution in [0.5, 0.6) is 0 Å². The van der Waals surface area contributed by atoms with Gasteiger partial charge in [0, 0.05) is 5.56 Å². The Balaban J connectivity index is 3.58. The minimum absolute atomic E-state index is 0.324. The zero-order valence-corrected chi connectivity index (χ0v) is 13.3. The fourth-order valence-corrected chi connectivity index (χ4v) is 1.90. The highest BCUT2D eigenvalue weighted by Gasteiger charge is 2.88. The maximum Gasteiger partial charge on any atom is 0.385 e. The first-order valence-electron chi connectivity index (χ1n) is 6.86. The molecule has 0 aliphatic carbocycles. The second-order valence-electron chi connectivity index (χ2n) is 5.54. The van der Waals surface area contributed by atoms with Crippen LogP contribution in [-0.2, 0) is 0 Å². The van der Waals surface area contributed by atoms with Crippen LogP contribution in [0.3, 0.4) is 0 Å². The van der Waals surface area contributed by atoms with Gasteiger partial charge in [0.1, 0.15) is 0 Å². The second kappa shape index (κ2) is 7.03. The quantitative estimate of drug-likeness (QED) is 0.257. The number of halogens is 12. The molecule has 28 heavy (non-hydrogen) atoms. The summed E-state index contributed by atoms with van der Waals surface area (Å²) in [7, 11) is 0. The Morgan fingerprint density at radius 1 is 0.786 bits per heavy atom. The van der Waals surface area contributed by atoms with Crippen molar-refractivity contribution >= 4 is 5.71 Å². The monoisotopic (exact) mass is 435 g/mol. The van der Waals surface area contributed by atoms with Crippen molar-refractivity contribution in [3.8, 4) is 0 Å². The number of hydrogen-bond donors (Lipinski definition) is 1. The Bertz CT molecular complexity index is 726. The molecule has 2 nitrogen and oxygen atoms in total. The van der Waals surface area contributed by atoms with E-state index >= 15 is 0 Å². The van der Waals surface area contributed by atoms with Gasteiger partial charge < -0.3 is 5.21 Å². The van der Waals surface area contributed by atoms with Gasteiger partial charge >= 0.3 is 36.0 Å². The summed E-state index contributed by atoms with van der Waals surface area (Å²) >= 11 is 0. The molecule has 1 aromatic carbocycles. The van der Waals surface area contributed by atoms with E-state index < -0.39 is 47.3 Å². The molecule has 0 fully saturated rings.